The van der Waals surface area contributed by atoms with Crippen LogP contribution in [0.1, 0.15) is 24.2 Å². The van der Waals surface area contributed by atoms with Crippen LogP contribution in [-0.2, 0) is 11.8 Å². The van der Waals surface area contributed by atoms with Crippen molar-refractivity contribution in [2.24, 2.45) is 4.99 Å². The number of nitrogens with zero attached hydrogens (tertiary/aromatic N) is 4. The van der Waals surface area contributed by atoms with Crippen molar-refractivity contribution >= 4 is 51.5 Å². The van der Waals surface area contributed by atoms with Crippen LogP contribution in [0.2, 0.25) is 0 Å². The number of benzene rings is 1. The molecule has 2 N–H and O–H groups in total. The van der Waals surface area contributed by atoms with E-state index in [1.165, 1.54) is 18.4 Å². The van der Waals surface area contributed by atoms with E-state index in [4.69, 9.17) is 0 Å². The highest BCUT2D eigenvalue weighted by molar-refractivity contribution is 14.0. The van der Waals surface area contributed by atoms with Gasteiger partial charge in [0, 0.05) is 42.6 Å². The van der Waals surface area contributed by atoms with E-state index in [0.29, 0.717) is 0 Å². The molecule has 0 amide bonds. The second-order valence-electron chi connectivity index (χ2n) is 6.94. The van der Waals surface area contributed by atoms with Gasteiger partial charge in [-0.05, 0) is 42.7 Å². The average molecular weight is 555 g/mol. The molecule has 6 nitrogen and oxygen atoms in total. The zero-order valence-electron chi connectivity index (χ0n) is 15.7. The molecule has 1 aliphatic rings. The minimum atomic E-state index is 0. The molecule has 1 aliphatic carbocycles. The van der Waals surface area contributed by atoms with Gasteiger partial charge in [-0.2, -0.15) is 0 Å². The maximum atomic E-state index is 4.35. The third-order valence-corrected chi connectivity index (χ3v) is 5.63. The molecule has 4 rings (SSSR count). The predicted molar refractivity (Wildman–Crippen MR) is 127 cm³/mol. The molecule has 0 radical (unpaired) electrons. The van der Waals surface area contributed by atoms with Crippen LogP contribution in [0.15, 0.2) is 58.1 Å². The van der Waals surface area contributed by atoms with Crippen molar-refractivity contribution in [3.05, 3.63) is 64.5 Å². The summed E-state index contributed by atoms with van der Waals surface area (Å²) < 4.78 is 3.15. The summed E-state index contributed by atoms with van der Waals surface area (Å²) in [5.74, 6) is 1.77. The third kappa shape index (κ3) is 4.65. The Bertz CT molecular complexity index is 966. The first-order valence-electron chi connectivity index (χ1n) is 9.19. The summed E-state index contributed by atoms with van der Waals surface area (Å²) in [5, 5.41) is 15.3. The number of pyridine rings is 1. The molecule has 8 heteroatoms. The van der Waals surface area contributed by atoms with Gasteiger partial charge in [0.2, 0.25) is 0 Å². The van der Waals surface area contributed by atoms with Gasteiger partial charge in [0.15, 0.2) is 11.6 Å². The first-order valence-corrected chi connectivity index (χ1v) is 9.99. The Morgan fingerprint density at radius 1 is 1.18 bits per heavy atom. The van der Waals surface area contributed by atoms with E-state index in [2.05, 4.69) is 66.0 Å². The number of nitrogens with one attached hydrogen (secondary N) is 2. The molecule has 1 fully saturated rings. The molecule has 2 heterocycles. The molecule has 0 atom stereocenters. The van der Waals surface area contributed by atoms with E-state index in [1.54, 1.807) is 7.05 Å². The van der Waals surface area contributed by atoms with E-state index in [0.717, 1.165) is 41.4 Å². The number of hydrogen-bond donors (Lipinski definition) is 2. The van der Waals surface area contributed by atoms with Crippen molar-refractivity contribution in [2.75, 3.05) is 20.1 Å². The second-order valence-corrected chi connectivity index (χ2v) is 7.85. The van der Waals surface area contributed by atoms with Crippen molar-refractivity contribution < 1.29 is 0 Å². The zero-order valence-corrected chi connectivity index (χ0v) is 19.6. The first-order chi connectivity index (χ1) is 13.2. The zero-order chi connectivity index (χ0) is 18.7. The number of fused-ring (bicyclic) bond motifs is 1. The predicted octanol–water partition coefficient (Wildman–Crippen LogP) is 3.55. The van der Waals surface area contributed by atoms with Crippen LogP contribution in [-0.4, -0.2) is 40.7 Å². The van der Waals surface area contributed by atoms with Gasteiger partial charge in [-0.15, -0.1) is 34.2 Å². The summed E-state index contributed by atoms with van der Waals surface area (Å²) in [6.45, 7) is 1.64. The monoisotopic (exact) mass is 554 g/mol. The molecule has 28 heavy (non-hydrogen) atoms. The summed E-state index contributed by atoms with van der Waals surface area (Å²) in [5.41, 5.74) is 2.49. The lowest BCUT2D eigenvalue weighted by Gasteiger charge is -2.19. The molecule has 2 aromatic heterocycles. The Balaban J connectivity index is 0.00000225. The average Bonchev–Trinajstić information content (AvgIpc) is 3.38. The van der Waals surface area contributed by atoms with Crippen molar-refractivity contribution in [1.29, 1.82) is 0 Å². The summed E-state index contributed by atoms with van der Waals surface area (Å²) in [7, 11) is 1.81. The van der Waals surface area contributed by atoms with Crippen LogP contribution in [0.25, 0.3) is 5.65 Å². The van der Waals surface area contributed by atoms with Crippen LogP contribution >= 0.6 is 39.9 Å². The fourth-order valence-electron chi connectivity index (χ4n) is 3.36. The van der Waals surface area contributed by atoms with Crippen LogP contribution in [0.3, 0.4) is 0 Å². The fraction of sp³-hybridized carbons (Fsp3) is 0.350. The number of aromatic nitrogens is 3. The Hall–Kier alpha value is -1.68. The van der Waals surface area contributed by atoms with Gasteiger partial charge in [0.25, 0.3) is 0 Å². The van der Waals surface area contributed by atoms with E-state index >= 15 is 0 Å². The molecular formula is C20H24BrIN6. The quantitative estimate of drug-likeness (QED) is 0.278. The van der Waals surface area contributed by atoms with Crippen molar-refractivity contribution in [2.45, 2.75) is 24.7 Å². The van der Waals surface area contributed by atoms with Gasteiger partial charge in [-0.3, -0.25) is 9.39 Å². The number of halogens is 2. The lowest BCUT2D eigenvalue weighted by Crippen LogP contribution is -2.42. The van der Waals surface area contributed by atoms with E-state index in [-0.39, 0.29) is 29.4 Å². The summed E-state index contributed by atoms with van der Waals surface area (Å²) in [4.78, 5) is 4.35. The molecule has 3 aromatic rings. The molecule has 0 unspecified atom stereocenters. The number of hydrogen-bond acceptors (Lipinski definition) is 3. The van der Waals surface area contributed by atoms with Gasteiger partial charge >= 0.3 is 0 Å². The topological polar surface area (TPSA) is 66.6 Å². The first kappa shape index (κ1) is 21.0. The van der Waals surface area contributed by atoms with Gasteiger partial charge in [-0.1, -0.05) is 34.1 Å². The highest BCUT2D eigenvalue weighted by Crippen LogP contribution is 2.48. The van der Waals surface area contributed by atoms with Gasteiger partial charge < -0.3 is 10.6 Å². The summed E-state index contributed by atoms with van der Waals surface area (Å²) in [6.07, 6.45) is 5.19. The number of guanidine groups is 1. The van der Waals surface area contributed by atoms with Crippen molar-refractivity contribution in [3.63, 3.8) is 0 Å². The Kier molecular flexibility index (Phi) is 6.92. The largest absolute Gasteiger partial charge is 0.356 e. The van der Waals surface area contributed by atoms with E-state index < -0.39 is 0 Å². The van der Waals surface area contributed by atoms with Crippen LogP contribution < -0.4 is 10.6 Å². The van der Waals surface area contributed by atoms with Crippen LogP contribution in [0.5, 0.6) is 0 Å². The Labute approximate surface area is 190 Å². The van der Waals surface area contributed by atoms with E-state index in [1.807, 2.05) is 28.8 Å². The van der Waals surface area contributed by atoms with Gasteiger partial charge in [0.05, 0.1) is 0 Å². The highest BCUT2D eigenvalue weighted by Gasteiger charge is 2.44. The van der Waals surface area contributed by atoms with E-state index in [9.17, 15) is 0 Å². The molecular weight excluding hydrogens is 531 g/mol. The maximum Gasteiger partial charge on any atom is 0.191 e. The van der Waals surface area contributed by atoms with Crippen molar-refractivity contribution in [1.82, 2.24) is 25.2 Å². The fourth-order valence-corrected chi connectivity index (χ4v) is 3.76. The SMILES string of the molecule is CN=C(NCCc1nnc2ccccn12)NCC1(c2cccc(Br)c2)CC1.I. The van der Waals surface area contributed by atoms with Gasteiger partial charge in [-0.25, -0.2) is 0 Å². The summed E-state index contributed by atoms with van der Waals surface area (Å²) >= 11 is 3.58. The van der Waals surface area contributed by atoms with Crippen molar-refractivity contribution in [3.8, 4) is 0 Å². The Morgan fingerprint density at radius 3 is 2.79 bits per heavy atom. The summed E-state index contributed by atoms with van der Waals surface area (Å²) in [6, 6.07) is 14.5. The minimum absolute atomic E-state index is 0. The minimum Gasteiger partial charge on any atom is -0.356 e. The smallest absolute Gasteiger partial charge is 0.191 e. The molecule has 1 aromatic carbocycles. The van der Waals surface area contributed by atoms with Crippen LogP contribution in [0, 0.1) is 0 Å². The molecule has 148 valence electrons. The second kappa shape index (κ2) is 9.21. The number of rotatable bonds is 6. The molecule has 0 bridgehead atoms. The van der Waals surface area contributed by atoms with Gasteiger partial charge in [0.1, 0.15) is 5.82 Å². The normalized spacial score (nSPS) is 15.1. The maximum absolute atomic E-state index is 4.35. The third-order valence-electron chi connectivity index (χ3n) is 5.13. The standard InChI is InChI=1S/C20H23BrN6.HI/c1-22-19(23-11-8-18-26-25-17-7-2-3-12-27(17)18)24-14-20(9-10-20)15-5-4-6-16(21)13-15;/h2-7,12-13H,8-11,14H2,1H3,(H2,22,23,24);1H. The molecule has 0 aliphatic heterocycles. The Morgan fingerprint density at radius 2 is 2.04 bits per heavy atom. The lowest BCUT2D eigenvalue weighted by molar-refractivity contribution is 0.643. The molecule has 0 saturated heterocycles. The highest BCUT2D eigenvalue weighted by atomic mass is 127. The molecule has 0 spiro atoms. The van der Waals surface area contributed by atoms with Crippen LogP contribution in [0.4, 0.5) is 0 Å². The molecule has 1 saturated carbocycles. The lowest BCUT2D eigenvalue weighted by atomic mass is 9.96. The number of aliphatic imine (C=N–C) groups is 1.